The molecule has 26 heavy (non-hydrogen) atoms. The van der Waals surface area contributed by atoms with Gasteiger partial charge < -0.3 is 15.4 Å². The fraction of sp³-hybridized carbons (Fsp3) is 0.250. The number of carbonyl (C=O) groups is 3. The Labute approximate surface area is 163 Å². The van der Waals surface area contributed by atoms with Crippen molar-refractivity contribution in [2.45, 2.75) is 11.8 Å². The molecular weight excluding hydrogens is 401 g/mol. The summed E-state index contributed by atoms with van der Waals surface area (Å²) in [6.45, 7) is 0.00739. The average Bonchev–Trinajstić information content (AvgIpc) is 3.07. The van der Waals surface area contributed by atoms with E-state index in [9.17, 15) is 14.4 Å². The molecule has 2 amide bonds. The number of anilines is 2. The van der Waals surface area contributed by atoms with Gasteiger partial charge in [-0.05, 0) is 18.2 Å². The monoisotopic (exact) mass is 415 g/mol. The van der Waals surface area contributed by atoms with Gasteiger partial charge in [-0.15, -0.1) is 22.9 Å². The number of ketones is 1. The predicted molar refractivity (Wildman–Crippen MR) is 101 cm³/mol. The molecule has 1 heterocycles. The Bertz CT molecular complexity index is 799. The lowest BCUT2D eigenvalue weighted by molar-refractivity contribution is -0.117. The number of ether oxygens (including phenoxy) is 1. The fourth-order valence-corrected chi connectivity index (χ4v) is 2.88. The zero-order chi connectivity index (χ0) is 19.1. The Morgan fingerprint density at radius 2 is 2.08 bits per heavy atom. The number of halogens is 2. The molecule has 0 radical (unpaired) electrons. The topological polar surface area (TPSA) is 97.4 Å². The van der Waals surface area contributed by atoms with Crippen molar-refractivity contribution in [2.24, 2.45) is 0 Å². The van der Waals surface area contributed by atoms with Crippen LogP contribution in [0.25, 0.3) is 0 Å². The quantitative estimate of drug-likeness (QED) is 0.391. The number of nitrogens with zero attached hydrogens (tertiary/aromatic N) is 1. The number of rotatable bonds is 8. The van der Waals surface area contributed by atoms with E-state index in [1.807, 2.05) is 0 Å². The first-order chi connectivity index (χ1) is 12.4. The van der Waals surface area contributed by atoms with Gasteiger partial charge in [0.1, 0.15) is 5.38 Å². The number of hydrogen-bond acceptors (Lipinski definition) is 6. The Morgan fingerprint density at radius 3 is 2.73 bits per heavy atom. The van der Waals surface area contributed by atoms with Gasteiger partial charge in [-0.3, -0.25) is 14.4 Å². The average molecular weight is 416 g/mol. The van der Waals surface area contributed by atoms with Gasteiger partial charge in [-0.25, -0.2) is 4.98 Å². The summed E-state index contributed by atoms with van der Waals surface area (Å²) >= 11 is 13.1. The lowest BCUT2D eigenvalue weighted by Crippen LogP contribution is -2.28. The van der Waals surface area contributed by atoms with E-state index < -0.39 is 29.4 Å². The highest BCUT2D eigenvalue weighted by molar-refractivity contribution is 7.13. The number of alkyl halides is 1. The molecule has 2 N–H and O–H groups in total. The molecule has 1 aromatic heterocycles. The molecule has 0 spiro atoms. The van der Waals surface area contributed by atoms with Crippen molar-refractivity contribution in [3.8, 4) is 0 Å². The van der Waals surface area contributed by atoms with Crippen molar-refractivity contribution in [2.75, 3.05) is 24.4 Å². The van der Waals surface area contributed by atoms with Gasteiger partial charge in [-0.1, -0.05) is 11.6 Å². The largest absolute Gasteiger partial charge is 0.383 e. The lowest BCUT2D eigenvalue weighted by atomic mass is 10.1. The molecule has 0 saturated heterocycles. The van der Waals surface area contributed by atoms with Crippen LogP contribution in [0.5, 0.6) is 0 Å². The summed E-state index contributed by atoms with van der Waals surface area (Å²) in [7, 11) is 1.41. The van der Waals surface area contributed by atoms with Crippen LogP contribution < -0.4 is 10.6 Å². The van der Waals surface area contributed by atoms with Crippen molar-refractivity contribution in [1.82, 2.24) is 4.98 Å². The van der Waals surface area contributed by atoms with Gasteiger partial charge in [0, 0.05) is 29.3 Å². The van der Waals surface area contributed by atoms with Crippen molar-refractivity contribution >= 4 is 63.0 Å². The third kappa shape index (κ3) is 5.77. The third-order valence-corrected chi connectivity index (χ3v) is 4.38. The van der Waals surface area contributed by atoms with E-state index in [-0.39, 0.29) is 17.9 Å². The molecule has 7 nitrogen and oxygen atoms in total. The number of carbonyl (C=O) groups excluding carboxylic acids is 3. The van der Waals surface area contributed by atoms with E-state index >= 15 is 0 Å². The van der Waals surface area contributed by atoms with Crippen LogP contribution >= 0.6 is 34.5 Å². The molecule has 0 aliphatic heterocycles. The second kappa shape index (κ2) is 9.63. The number of methoxy groups -OCH3 is 1. The Balaban J connectivity index is 2.11. The number of amides is 2. The normalized spacial score (nSPS) is 11.7. The Hall–Kier alpha value is -2.00. The Morgan fingerprint density at radius 1 is 1.31 bits per heavy atom. The van der Waals surface area contributed by atoms with Gasteiger partial charge in [0.2, 0.25) is 11.8 Å². The van der Waals surface area contributed by atoms with Gasteiger partial charge in [-0.2, -0.15) is 0 Å². The minimum absolute atomic E-state index is 0.00739. The van der Waals surface area contributed by atoms with Crippen LogP contribution in [0.15, 0.2) is 29.8 Å². The van der Waals surface area contributed by atoms with Crippen molar-refractivity contribution in [3.63, 3.8) is 0 Å². The number of benzene rings is 1. The van der Waals surface area contributed by atoms with E-state index in [4.69, 9.17) is 27.9 Å². The smallest absolute Gasteiger partial charge is 0.244 e. The highest BCUT2D eigenvalue weighted by Crippen LogP contribution is 2.23. The van der Waals surface area contributed by atoms with E-state index in [2.05, 4.69) is 15.6 Å². The summed E-state index contributed by atoms with van der Waals surface area (Å²) in [4.78, 5) is 40.4. The minimum Gasteiger partial charge on any atom is -0.383 e. The SMILES string of the molecule is COCC(Cl)C(=O)Nc1cc(Cl)ccc1C(=O)CC(=O)Nc1nccs1. The van der Waals surface area contributed by atoms with E-state index in [0.717, 1.165) is 0 Å². The molecule has 0 aliphatic carbocycles. The molecule has 10 heteroatoms. The molecule has 1 atom stereocenters. The van der Waals surface area contributed by atoms with Crippen LogP contribution in [-0.2, 0) is 14.3 Å². The summed E-state index contributed by atoms with van der Waals surface area (Å²) in [5.74, 6) is -1.53. The predicted octanol–water partition coefficient (Wildman–Crippen LogP) is 3.20. The summed E-state index contributed by atoms with van der Waals surface area (Å²) < 4.78 is 4.82. The second-order valence-electron chi connectivity index (χ2n) is 5.09. The first-order valence-electron chi connectivity index (χ1n) is 7.36. The molecule has 0 fully saturated rings. The first-order valence-corrected chi connectivity index (χ1v) is 9.06. The Kier molecular flexibility index (Phi) is 7.52. The van der Waals surface area contributed by atoms with Crippen molar-refractivity contribution in [1.29, 1.82) is 0 Å². The number of thiazole rings is 1. The van der Waals surface area contributed by atoms with E-state index in [1.165, 1.54) is 42.8 Å². The van der Waals surface area contributed by atoms with E-state index in [1.54, 1.807) is 5.38 Å². The molecule has 2 rings (SSSR count). The van der Waals surface area contributed by atoms with Gasteiger partial charge in [0.05, 0.1) is 18.7 Å². The molecule has 0 aliphatic rings. The van der Waals surface area contributed by atoms with Crippen LogP contribution in [-0.4, -0.2) is 41.7 Å². The standard InChI is InChI=1S/C16H15Cl2N3O4S/c1-25-8-11(18)15(24)20-12-6-9(17)2-3-10(12)13(22)7-14(23)21-16-19-4-5-26-16/h2-6,11H,7-8H2,1H3,(H,20,24)(H,19,21,23). The molecule has 138 valence electrons. The maximum absolute atomic E-state index is 12.5. The summed E-state index contributed by atoms with van der Waals surface area (Å²) in [5.41, 5.74) is 0.328. The summed E-state index contributed by atoms with van der Waals surface area (Å²) in [6.07, 6.45) is 1.13. The van der Waals surface area contributed by atoms with E-state index in [0.29, 0.717) is 10.2 Å². The van der Waals surface area contributed by atoms with Crippen LogP contribution in [0.2, 0.25) is 5.02 Å². The summed E-state index contributed by atoms with van der Waals surface area (Å²) in [5, 5.41) is 6.55. The maximum atomic E-state index is 12.5. The van der Waals surface area contributed by atoms with Gasteiger partial charge in [0.25, 0.3) is 0 Å². The molecule has 1 unspecified atom stereocenters. The van der Waals surface area contributed by atoms with Crippen molar-refractivity contribution in [3.05, 3.63) is 40.4 Å². The fourth-order valence-electron chi connectivity index (χ4n) is 1.99. The number of aromatic nitrogens is 1. The van der Waals surface area contributed by atoms with Crippen LogP contribution in [0.4, 0.5) is 10.8 Å². The molecular formula is C16H15Cl2N3O4S. The lowest BCUT2D eigenvalue weighted by Gasteiger charge is -2.13. The number of nitrogens with one attached hydrogen (secondary N) is 2. The molecule has 0 bridgehead atoms. The van der Waals surface area contributed by atoms with Crippen molar-refractivity contribution < 1.29 is 19.1 Å². The first kappa shape index (κ1) is 20.3. The second-order valence-corrected chi connectivity index (χ2v) is 6.95. The maximum Gasteiger partial charge on any atom is 0.244 e. The zero-order valence-electron chi connectivity index (χ0n) is 13.6. The molecule has 2 aromatic rings. The van der Waals surface area contributed by atoms with Gasteiger partial charge in [0.15, 0.2) is 10.9 Å². The van der Waals surface area contributed by atoms with Gasteiger partial charge >= 0.3 is 0 Å². The summed E-state index contributed by atoms with van der Waals surface area (Å²) in [6, 6.07) is 4.36. The van der Waals surface area contributed by atoms with Crippen LogP contribution in [0.3, 0.4) is 0 Å². The van der Waals surface area contributed by atoms with Crippen LogP contribution in [0.1, 0.15) is 16.8 Å². The third-order valence-electron chi connectivity index (χ3n) is 3.14. The molecule has 1 aromatic carbocycles. The molecule has 0 saturated carbocycles. The highest BCUT2D eigenvalue weighted by Gasteiger charge is 2.21. The minimum atomic E-state index is -0.935. The number of hydrogen-bond donors (Lipinski definition) is 2. The highest BCUT2D eigenvalue weighted by atomic mass is 35.5. The van der Waals surface area contributed by atoms with Crippen LogP contribution in [0, 0.1) is 0 Å². The number of Topliss-reactive ketones (excluding diaryl/α,β-unsaturated/α-hetero) is 1. The zero-order valence-corrected chi connectivity index (χ0v) is 16.0.